The van der Waals surface area contributed by atoms with Gasteiger partial charge in [-0.1, -0.05) is 6.07 Å². The third-order valence-electron chi connectivity index (χ3n) is 6.49. The number of ether oxygens (including phenoxy) is 1. The molecule has 2 heterocycles. The number of hydrogen-bond acceptors (Lipinski definition) is 5. The molecule has 2 aliphatic heterocycles. The summed E-state index contributed by atoms with van der Waals surface area (Å²) in [5, 5.41) is 20.4. The minimum atomic E-state index is -0.320. The summed E-state index contributed by atoms with van der Waals surface area (Å²) in [6, 6.07) is 4.78. The van der Waals surface area contributed by atoms with Crippen LogP contribution in [-0.2, 0) is 19.4 Å². The topological polar surface area (TPSA) is 56.2 Å². The molecule has 5 heteroatoms. The van der Waals surface area contributed by atoms with Gasteiger partial charge in [0.15, 0.2) is 0 Å². The lowest BCUT2D eigenvalue weighted by Gasteiger charge is -2.43. The summed E-state index contributed by atoms with van der Waals surface area (Å²) < 4.78 is 5.64. The molecular weight excluding hydrogens is 328 g/mol. The van der Waals surface area contributed by atoms with E-state index in [4.69, 9.17) is 4.74 Å². The lowest BCUT2D eigenvalue weighted by Crippen LogP contribution is -2.55. The predicted molar refractivity (Wildman–Crippen MR) is 102 cm³/mol. The van der Waals surface area contributed by atoms with Crippen molar-refractivity contribution in [2.24, 2.45) is 0 Å². The van der Waals surface area contributed by atoms with Crippen LogP contribution in [0.4, 0.5) is 0 Å². The average Bonchev–Trinajstić information content (AvgIpc) is 3.09. The third kappa shape index (κ3) is 3.77. The Labute approximate surface area is 156 Å². The van der Waals surface area contributed by atoms with E-state index in [-0.39, 0.29) is 18.2 Å². The Bertz CT molecular complexity index is 628. The van der Waals surface area contributed by atoms with Crippen LogP contribution in [0.1, 0.15) is 42.4 Å². The van der Waals surface area contributed by atoms with E-state index in [9.17, 15) is 10.2 Å². The second kappa shape index (κ2) is 7.85. The molecule has 2 N–H and O–H groups in total. The Balaban J connectivity index is 1.39. The number of aliphatic hydroxyl groups is 2. The van der Waals surface area contributed by atoms with Crippen LogP contribution in [0.5, 0.6) is 5.75 Å². The smallest absolute Gasteiger partial charge is 0.123 e. The van der Waals surface area contributed by atoms with Gasteiger partial charge in [0.25, 0.3) is 0 Å². The van der Waals surface area contributed by atoms with Crippen LogP contribution in [0, 0.1) is 0 Å². The molecule has 5 nitrogen and oxygen atoms in total. The van der Waals surface area contributed by atoms with Crippen LogP contribution < -0.4 is 4.74 Å². The first-order valence-electron chi connectivity index (χ1n) is 10.1. The SMILES string of the molecule is COc1cc2c(cc1CN1CC[C@@H](N3CCC(O)CC3)[C@H](O)C1)CCC2. The fraction of sp³-hybridized carbons (Fsp3) is 0.714. The van der Waals surface area contributed by atoms with Gasteiger partial charge >= 0.3 is 0 Å². The van der Waals surface area contributed by atoms with Crippen LogP contribution in [0.15, 0.2) is 12.1 Å². The molecule has 3 aliphatic rings. The summed E-state index contributed by atoms with van der Waals surface area (Å²) >= 11 is 0. The van der Waals surface area contributed by atoms with Crippen LogP contribution >= 0.6 is 0 Å². The zero-order chi connectivity index (χ0) is 18.1. The van der Waals surface area contributed by atoms with Crippen molar-refractivity contribution in [2.45, 2.75) is 63.3 Å². The Kier molecular flexibility index (Phi) is 5.50. The van der Waals surface area contributed by atoms with Gasteiger partial charge in [-0.15, -0.1) is 0 Å². The second-order valence-electron chi connectivity index (χ2n) is 8.21. The summed E-state index contributed by atoms with van der Waals surface area (Å²) in [7, 11) is 1.76. The number of likely N-dealkylation sites (tertiary alicyclic amines) is 2. The van der Waals surface area contributed by atoms with Gasteiger partial charge in [-0.2, -0.15) is 0 Å². The van der Waals surface area contributed by atoms with Gasteiger partial charge in [0.1, 0.15) is 5.75 Å². The van der Waals surface area contributed by atoms with Gasteiger partial charge in [0.05, 0.1) is 19.3 Å². The van der Waals surface area contributed by atoms with Crippen LogP contribution in [0.3, 0.4) is 0 Å². The Morgan fingerprint density at radius 3 is 2.46 bits per heavy atom. The van der Waals surface area contributed by atoms with Crippen molar-refractivity contribution < 1.29 is 14.9 Å². The number of aryl methyl sites for hydroxylation is 2. The van der Waals surface area contributed by atoms with Crippen LogP contribution in [-0.4, -0.2) is 71.6 Å². The normalized spacial score (nSPS) is 28.3. The molecule has 0 amide bonds. The van der Waals surface area contributed by atoms with Crippen molar-refractivity contribution in [3.05, 3.63) is 28.8 Å². The van der Waals surface area contributed by atoms with E-state index < -0.39 is 0 Å². The monoisotopic (exact) mass is 360 g/mol. The Morgan fingerprint density at radius 2 is 1.77 bits per heavy atom. The first-order chi connectivity index (χ1) is 12.6. The number of aliphatic hydroxyl groups excluding tert-OH is 2. The molecule has 4 rings (SSSR count). The minimum Gasteiger partial charge on any atom is -0.496 e. The molecule has 26 heavy (non-hydrogen) atoms. The molecule has 0 bridgehead atoms. The number of methoxy groups -OCH3 is 1. The lowest BCUT2D eigenvalue weighted by molar-refractivity contribution is -0.0356. The molecule has 2 saturated heterocycles. The molecule has 0 saturated carbocycles. The molecular formula is C21H32N2O3. The number of β-amino-alcohol motifs (C(OH)–C–C–N with tert-alkyl or cyclic N) is 1. The van der Waals surface area contributed by atoms with Gasteiger partial charge < -0.3 is 14.9 Å². The zero-order valence-corrected chi connectivity index (χ0v) is 15.9. The number of piperidine rings is 2. The number of fused-ring (bicyclic) bond motifs is 1. The summed E-state index contributed by atoms with van der Waals surface area (Å²) in [6.45, 7) is 4.37. The lowest BCUT2D eigenvalue weighted by atomic mass is 9.96. The maximum atomic E-state index is 10.7. The van der Waals surface area contributed by atoms with E-state index in [2.05, 4.69) is 21.9 Å². The van der Waals surface area contributed by atoms with Gasteiger partial charge in [0.2, 0.25) is 0 Å². The van der Waals surface area contributed by atoms with Gasteiger partial charge in [-0.25, -0.2) is 0 Å². The summed E-state index contributed by atoms with van der Waals surface area (Å²) in [6.07, 6.45) is 5.77. The molecule has 144 valence electrons. The third-order valence-corrected chi connectivity index (χ3v) is 6.49. The Hall–Kier alpha value is -1.14. The maximum absolute atomic E-state index is 10.7. The standard InChI is InChI=1S/C21H32N2O3/c1-26-21-12-16-4-2-3-15(16)11-17(21)13-22-8-7-19(20(25)14-22)23-9-5-18(24)6-10-23/h11-12,18-20,24-25H,2-10,13-14H2,1H3/t19-,20-/m1/s1. The summed E-state index contributed by atoms with van der Waals surface area (Å²) in [5.74, 6) is 0.993. The van der Waals surface area contributed by atoms with Crippen LogP contribution in [0.25, 0.3) is 0 Å². The second-order valence-corrected chi connectivity index (χ2v) is 8.21. The number of benzene rings is 1. The zero-order valence-electron chi connectivity index (χ0n) is 15.9. The van der Waals surface area contributed by atoms with E-state index in [0.29, 0.717) is 6.54 Å². The summed E-state index contributed by atoms with van der Waals surface area (Å²) in [5.41, 5.74) is 4.17. The highest BCUT2D eigenvalue weighted by Crippen LogP contribution is 2.31. The fourth-order valence-corrected chi connectivity index (χ4v) is 4.98. The molecule has 1 aromatic carbocycles. The van der Waals surface area contributed by atoms with Crippen molar-refractivity contribution in [2.75, 3.05) is 33.3 Å². The molecule has 2 atom stereocenters. The molecule has 0 radical (unpaired) electrons. The minimum absolute atomic E-state index is 0.157. The van der Waals surface area contributed by atoms with E-state index in [1.807, 2.05) is 0 Å². The maximum Gasteiger partial charge on any atom is 0.123 e. The van der Waals surface area contributed by atoms with E-state index in [1.165, 1.54) is 36.0 Å². The van der Waals surface area contributed by atoms with E-state index >= 15 is 0 Å². The van der Waals surface area contributed by atoms with Gasteiger partial charge in [-0.05, 0) is 55.7 Å². The van der Waals surface area contributed by atoms with Gasteiger partial charge in [0, 0.05) is 44.3 Å². The fourth-order valence-electron chi connectivity index (χ4n) is 4.98. The first kappa shape index (κ1) is 18.2. The quantitative estimate of drug-likeness (QED) is 0.854. The highest BCUT2D eigenvalue weighted by atomic mass is 16.5. The van der Waals surface area contributed by atoms with Crippen molar-refractivity contribution in [1.82, 2.24) is 9.80 Å². The van der Waals surface area contributed by atoms with Gasteiger partial charge in [-0.3, -0.25) is 9.80 Å². The highest BCUT2D eigenvalue weighted by molar-refractivity contribution is 5.44. The number of rotatable bonds is 4. The number of hydrogen-bond donors (Lipinski definition) is 2. The van der Waals surface area contributed by atoms with E-state index in [0.717, 1.165) is 51.2 Å². The van der Waals surface area contributed by atoms with Crippen molar-refractivity contribution >= 4 is 0 Å². The molecule has 0 spiro atoms. The molecule has 0 unspecified atom stereocenters. The predicted octanol–water partition coefficient (Wildman–Crippen LogP) is 1.58. The van der Waals surface area contributed by atoms with Crippen molar-refractivity contribution in [3.63, 3.8) is 0 Å². The average molecular weight is 360 g/mol. The Morgan fingerprint density at radius 1 is 1.04 bits per heavy atom. The molecule has 0 aromatic heterocycles. The number of nitrogens with zero attached hydrogens (tertiary/aromatic N) is 2. The van der Waals surface area contributed by atoms with Crippen LogP contribution in [0.2, 0.25) is 0 Å². The summed E-state index contributed by atoms with van der Waals surface area (Å²) in [4.78, 5) is 4.74. The van der Waals surface area contributed by atoms with Crippen molar-refractivity contribution in [1.29, 1.82) is 0 Å². The highest BCUT2D eigenvalue weighted by Gasteiger charge is 2.34. The molecule has 2 fully saturated rings. The largest absolute Gasteiger partial charge is 0.496 e. The first-order valence-corrected chi connectivity index (χ1v) is 10.1. The molecule has 1 aromatic rings. The van der Waals surface area contributed by atoms with E-state index in [1.54, 1.807) is 7.11 Å². The van der Waals surface area contributed by atoms with Crippen molar-refractivity contribution in [3.8, 4) is 5.75 Å². The molecule has 1 aliphatic carbocycles.